The summed E-state index contributed by atoms with van der Waals surface area (Å²) in [6.45, 7) is 5.90. The highest BCUT2D eigenvalue weighted by Crippen LogP contribution is 2.28. The second kappa shape index (κ2) is 4.45. The predicted octanol–water partition coefficient (Wildman–Crippen LogP) is 3.12. The van der Waals surface area contributed by atoms with Gasteiger partial charge in [-0.05, 0) is 13.0 Å². The lowest BCUT2D eigenvalue weighted by Crippen LogP contribution is -2.01. The zero-order valence-corrected chi connectivity index (χ0v) is 9.71. The molecule has 0 aliphatic rings. The Morgan fingerprint density at radius 1 is 1.62 bits per heavy atom. The van der Waals surface area contributed by atoms with E-state index in [0.717, 1.165) is 15.6 Å². The summed E-state index contributed by atoms with van der Waals surface area (Å²) in [5.74, 6) is -0.279. The van der Waals surface area contributed by atoms with E-state index in [9.17, 15) is 4.79 Å². The molecule has 16 heavy (non-hydrogen) atoms. The largest absolute Gasteiger partial charge is 0.462 e. The van der Waals surface area contributed by atoms with E-state index in [1.54, 1.807) is 25.4 Å². The van der Waals surface area contributed by atoms with Crippen LogP contribution in [0, 0.1) is 0 Å². The van der Waals surface area contributed by atoms with Crippen molar-refractivity contribution in [2.75, 3.05) is 6.61 Å². The summed E-state index contributed by atoms with van der Waals surface area (Å²) in [6.07, 6.45) is 5.21. The molecule has 82 valence electrons. The summed E-state index contributed by atoms with van der Waals surface area (Å²) in [6, 6.07) is 1.83. The monoisotopic (exact) mass is 233 g/mol. The molecule has 3 nitrogen and oxygen atoms in total. The summed E-state index contributed by atoms with van der Waals surface area (Å²) in [7, 11) is 0. The number of esters is 1. The minimum Gasteiger partial charge on any atom is -0.462 e. The van der Waals surface area contributed by atoms with Gasteiger partial charge in [0.25, 0.3) is 0 Å². The van der Waals surface area contributed by atoms with Gasteiger partial charge in [0.1, 0.15) is 4.88 Å². The lowest BCUT2D eigenvalue weighted by Gasteiger charge is -1.95. The van der Waals surface area contributed by atoms with E-state index in [0.29, 0.717) is 11.5 Å². The molecule has 0 saturated heterocycles. The third kappa shape index (κ3) is 1.84. The van der Waals surface area contributed by atoms with E-state index >= 15 is 0 Å². The van der Waals surface area contributed by atoms with Gasteiger partial charge in [-0.25, -0.2) is 4.79 Å². The molecule has 2 aromatic heterocycles. The maximum absolute atomic E-state index is 11.6. The first-order valence-corrected chi connectivity index (χ1v) is 5.75. The van der Waals surface area contributed by atoms with Crippen LogP contribution in [0.15, 0.2) is 25.0 Å². The van der Waals surface area contributed by atoms with Gasteiger partial charge < -0.3 is 4.74 Å². The second-order valence-corrected chi connectivity index (χ2v) is 4.26. The molecule has 0 aliphatic carbocycles. The zero-order valence-electron chi connectivity index (χ0n) is 8.90. The number of ether oxygens (including phenoxy) is 1. The Bertz CT molecular complexity index is 545. The Hall–Kier alpha value is -1.68. The van der Waals surface area contributed by atoms with E-state index in [1.165, 1.54) is 11.3 Å². The highest BCUT2D eigenvalue weighted by Gasteiger charge is 2.12. The van der Waals surface area contributed by atoms with Gasteiger partial charge in [0.2, 0.25) is 0 Å². The van der Waals surface area contributed by atoms with Crippen LogP contribution in [0.1, 0.15) is 22.2 Å². The van der Waals surface area contributed by atoms with Gasteiger partial charge >= 0.3 is 5.97 Å². The Balaban J connectivity index is 2.51. The SMILES string of the molecule is C=Cc1cncc2sc(C(=O)OCC)cc12. The van der Waals surface area contributed by atoms with Crippen molar-refractivity contribution in [3.05, 3.63) is 35.5 Å². The minimum atomic E-state index is -0.279. The molecule has 4 heteroatoms. The molecule has 0 radical (unpaired) electrons. The van der Waals surface area contributed by atoms with Crippen LogP contribution in [0.4, 0.5) is 0 Å². The highest BCUT2D eigenvalue weighted by molar-refractivity contribution is 7.20. The first-order chi connectivity index (χ1) is 7.76. The summed E-state index contributed by atoms with van der Waals surface area (Å²) >= 11 is 1.39. The van der Waals surface area contributed by atoms with Crippen LogP contribution in [-0.4, -0.2) is 17.6 Å². The van der Waals surface area contributed by atoms with Gasteiger partial charge in [-0.1, -0.05) is 12.7 Å². The van der Waals surface area contributed by atoms with Gasteiger partial charge in [0.05, 0.1) is 11.3 Å². The van der Waals surface area contributed by atoms with Crippen LogP contribution in [0.3, 0.4) is 0 Å². The van der Waals surface area contributed by atoms with E-state index in [-0.39, 0.29) is 5.97 Å². The number of thiophene rings is 1. The second-order valence-electron chi connectivity index (χ2n) is 3.18. The lowest BCUT2D eigenvalue weighted by atomic mass is 10.2. The van der Waals surface area contributed by atoms with E-state index in [2.05, 4.69) is 11.6 Å². The van der Waals surface area contributed by atoms with Crippen molar-refractivity contribution >= 4 is 33.5 Å². The number of carbonyl (C=O) groups excluding carboxylic acids is 1. The van der Waals surface area contributed by atoms with Crippen molar-refractivity contribution in [1.29, 1.82) is 0 Å². The normalized spacial score (nSPS) is 10.3. The zero-order chi connectivity index (χ0) is 11.5. The molecule has 0 unspecified atom stereocenters. The standard InChI is InChI=1S/C12H11NO2S/c1-3-8-6-13-7-11-9(8)5-10(16-11)12(14)15-4-2/h3,5-7H,1,4H2,2H3. The number of hydrogen-bond donors (Lipinski definition) is 0. The van der Waals surface area contributed by atoms with Crippen molar-refractivity contribution in [2.45, 2.75) is 6.92 Å². The third-order valence-electron chi connectivity index (χ3n) is 2.17. The van der Waals surface area contributed by atoms with Crippen LogP contribution in [-0.2, 0) is 4.74 Å². The summed E-state index contributed by atoms with van der Waals surface area (Å²) in [5, 5.41) is 0.998. The number of carbonyl (C=O) groups is 1. The molecule has 0 aliphatic heterocycles. The van der Waals surface area contributed by atoms with Crippen LogP contribution >= 0.6 is 11.3 Å². The number of aromatic nitrogens is 1. The highest BCUT2D eigenvalue weighted by atomic mass is 32.1. The van der Waals surface area contributed by atoms with Crippen LogP contribution in [0.25, 0.3) is 16.2 Å². The summed E-state index contributed by atoms with van der Waals surface area (Å²) in [4.78, 5) is 16.2. The average Bonchev–Trinajstić information content (AvgIpc) is 2.72. The molecule has 0 spiro atoms. The van der Waals surface area contributed by atoms with Crippen molar-refractivity contribution < 1.29 is 9.53 Å². The van der Waals surface area contributed by atoms with Gasteiger partial charge in [-0.2, -0.15) is 0 Å². The number of nitrogens with zero attached hydrogens (tertiary/aromatic N) is 1. The number of pyridine rings is 1. The fraction of sp³-hybridized carbons (Fsp3) is 0.167. The van der Waals surface area contributed by atoms with Crippen molar-refractivity contribution in [3.63, 3.8) is 0 Å². The van der Waals surface area contributed by atoms with Gasteiger partial charge in [0, 0.05) is 23.3 Å². The minimum absolute atomic E-state index is 0.279. The Labute approximate surface area is 97.4 Å². The van der Waals surface area contributed by atoms with E-state index in [1.807, 2.05) is 6.07 Å². The molecule has 0 fully saturated rings. The van der Waals surface area contributed by atoms with Gasteiger partial charge in [0.15, 0.2) is 0 Å². The lowest BCUT2D eigenvalue weighted by molar-refractivity contribution is 0.0532. The molecule has 0 aromatic carbocycles. The summed E-state index contributed by atoms with van der Waals surface area (Å²) in [5.41, 5.74) is 0.935. The molecule has 2 heterocycles. The quantitative estimate of drug-likeness (QED) is 0.765. The third-order valence-corrected chi connectivity index (χ3v) is 3.22. The van der Waals surface area contributed by atoms with Crippen molar-refractivity contribution in [1.82, 2.24) is 4.98 Å². The van der Waals surface area contributed by atoms with Crippen molar-refractivity contribution in [2.24, 2.45) is 0 Å². The van der Waals surface area contributed by atoms with Gasteiger partial charge in [-0.3, -0.25) is 4.98 Å². The maximum atomic E-state index is 11.6. The maximum Gasteiger partial charge on any atom is 0.348 e. The van der Waals surface area contributed by atoms with E-state index in [4.69, 9.17) is 4.74 Å². The van der Waals surface area contributed by atoms with E-state index < -0.39 is 0 Å². The molecular formula is C12H11NO2S. The fourth-order valence-corrected chi connectivity index (χ4v) is 2.40. The summed E-state index contributed by atoms with van der Waals surface area (Å²) < 4.78 is 5.93. The fourth-order valence-electron chi connectivity index (χ4n) is 1.45. The Kier molecular flexibility index (Phi) is 3.01. The van der Waals surface area contributed by atoms with Crippen LogP contribution in [0.2, 0.25) is 0 Å². The molecule has 0 bridgehead atoms. The first-order valence-electron chi connectivity index (χ1n) is 4.93. The van der Waals surface area contributed by atoms with Gasteiger partial charge in [-0.15, -0.1) is 11.3 Å². The Morgan fingerprint density at radius 3 is 3.12 bits per heavy atom. The predicted molar refractivity (Wildman–Crippen MR) is 65.7 cm³/mol. The first kappa shape index (κ1) is 10.8. The van der Waals surface area contributed by atoms with Crippen LogP contribution in [0.5, 0.6) is 0 Å². The molecule has 0 amide bonds. The number of fused-ring (bicyclic) bond motifs is 1. The number of hydrogen-bond acceptors (Lipinski definition) is 4. The smallest absolute Gasteiger partial charge is 0.348 e. The molecule has 2 aromatic rings. The molecule has 0 N–H and O–H groups in total. The van der Waals surface area contributed by atoms with Crippen LogP contribution < -0.4 is 0 Å². The van der Waals surface area contributed by atoms with Crippen molar-refractivity contribution in [3.8, 4) is 0 Å². The number of rotatable bonds is 3. The molecule has 0 atom stereocenters. The molecular weight excluding hydrogens is 222 g/mol. The Morgan fingerprint density at radius 2 is 2.44 bits per heavy atom. The molecule has 2 rings (SSSR count). The average molecular weight is 233 g/mol. The topological polar surface area (TPSA) is 39.2 Å². The molecule has 0 saturated carbocycles.